The Hall–Kier alpha value is -3.35. The summed E-state index contributed by atoms with van der Waals surface area (Å²) in [5.41, 5.74) is 5.08. The van der Waals surface area contributed by atoms with Crippen LogP contribution in [0.5, 0.6) is 17.2 Å². The Bertz CT molecular complexity index is 861. The molecular formula is C20H22N2O5. The zero-order chi connectivity index (χ0) is 19.8. The number of nitrogens with one attached hydrogen (secondary N) is 1. The van der Waals surface area contributed by atoms with Gasteiger partial charge in [0.2, 0.25) is 0 Å². The lowest BCUT2D eigenvalue weighted by Gasteiger charge is -2.09. The molecule has 0 unspecified atom stereocenters. The van der Waals surface area contributed by atoms with E-state index in [1.54, 1.807) is 18.2 Å². The number of nitrogens with zero attached hydrogens (tertiary/aromatic N) is 1. The highest BCUT2D eigenvalue weighted by Gasteiger charge is 2.08. The summed E-state index contributed by atoms with van der Waals surface area (Å²) in [7, 11) is 1.47. The van der Waals surface area contributed by atoms with Gasteiger partial charge in [-0.25, -0.2) is 5.43 Å². The lowest BCUT2D eigenvalue weighted by atomic mass is 10.1. The molecule has 0 spiro atoms. The smallest absolute Gasteiger partial charge is 0.308 e. The van der Waals surface area contributed by atoms with Crippen molar-refractivity contribution in [2.24, 2.45) is 5.10 Å². The number of aryl methyl sites for hydroxylation is 2. The number of rotatable bonds is 7. The molecular weight excluding hydrogens is 348 g/mol. The highest BCUT2D eigenvalue weighted by molar-refractivity contribution is 5.84. The summed E-state index contributed by atoms with van der Waals surface area (Å²) in [4.78, 5) is 22.9. The second-order valence-corrected chi connectivity index (χ2v) is 5.85. The SMILES string of the molecule is COc1cc(C=NNC(=O)COc2cc(C)ccc2C)ccc1OC(C)=O. The lowest BCUT2D eigenvalue weighted by Crippen LogP contribution is -2.24. The van der Waals surface area contributed by atoms with Crippen molar-refractivity contribution in [3.05, 3.63) is 53.1 Å². The van der Waals surface area contributed by atoms with Crippen LogP contribution in [-0.2, 0) is 9.59 Å². The predicted octanol–water partition coefficient (Wildman–Crippen LogP) is 2.77. The topological polar surface area (TPSA) is 86.2 Å². The fourth-order valence-corrected chi connectivity index (χ4v) is 2.22. The van der Waals surface area contributed by atoms with E-state index in [0.29, 0.717) is 22.8 Å². The number of carbonyl (C=O) groups excluding carboxylic acids is 2. The van der Waals surface area contributed by atoms with E-state index >= 15 is 0 Å². The quantitative estimate of drug-likeness (QED) is 0.351. The lowest BCUT2D eigenvalue weighted by molar-refractivity contribution is -0.132. The van der Waals surface area contributed by atoms with Gasteiger partial charge in [0.05, 0.1) is 13.3 Å². The first-order chi connectivity index (χ1) is 12.9. The monoisotopic (exact) mass is 370 g/mol. The molecule has 0 saturated carbocycles. The Labute approximate surface area is 157 Å². The number of carbonyl (C=O) groups is 2. The molecule has 0 saturated heterocycles. The van der Waals surface area contributed by atoms with Crippen molar-refractivity contribution >= 4 is 18.1 Å². The highest BCUT2D eigenvalue weighted by atomic mass is 16.6. The van der Waals surface area contributed by atoms with E-state index in [4.69, 9.17) is 14.2 Å². The van der Waals surface area contributed by atoms with E-state index in [1.807, 2.05) is 32.0 Å². The van der Waals surface area contributed by atoms with Crippen LogP contribution in [0.2, 0.25) is 0 Å². The largest absolute Gasteiger partial charge is 0.493 e. The van der Waals surface area contributed by atoms with Crippen molar-refractivity contribution in [2.45, 2.75) is 20.8 Å². The summed E-state index contributed by atoms with van der Waals surface area (Å²) in [6.45, 7) is 5.04. The molecule has 0 aliphatic carbocycles. The molecule has 1 amide bonds. The number of benzene rings is 2. The molecule has 0 radical (unpaired) electrons. The van der Waals surface area contributed by atoms with Crippen LogP contribution in [0.3, 0.4) is 0 Å². The number of amides is 1. The summed E-state index contributed by atoms with van der Waals surface area (Å²) in [6, 6.07) is 10.7. The van der Waals surface area contributed by atoms with Crippen molar-refractivity contribution in [1.29, 1.82) is 0 Å². The molecule has 0 fully saturated rings. The molecule has 1 N–H and O–H groups in total. The molecule has 2 aromatic rings. The maximum atomic E-state index is 11.9. The summed E-state index contributed by atoms with van der Waals surface area (Å²) in [5.74, 6) is 0.549. The van der Waals surface area contributed by atoms with Crippen LogP contribution in [-0.4, -0.2) is 31.8 Å². The van der Waals surface area contributed by atoms with Gasteiger partial charge in [0.15, 0.2) is 18.1 Å². The van der Waals surface area contributed by atoms with E-state index in [1.165, 1.54) is 20.2 Å². The molecule has 0 atom stereocenters. The number of hydrogen-bond acceptors (Lipinski definition) is 6. The zero-order valence-electron chi connectivity index (χ0n) is 15.7. The Morgan fingerprint density at radius 2 is 1.85 bits per heavy atom. The molecule has 0 aromatic heterocycles. The van der Waals surface area contributed by atoms with Crippen molar-refractivity contribution in [3.63, 3.8) is 0 Å². The van der Waals surface area contributed by atoms with Crippen LogP contribution in [0.25, 0.3) is 0 Å². The predicted molar refractivity (Wildman–Crippen MR) is 101 cm³/mol. The summed E-state index contributed by atoms with van der Waals surface area (Å²) >= 11 is 0. The van der Waals surface area contributed by atoms with E-state index < -0.39 is 5.97 Å². The Kier molecular flexibility index (Phi) is 6.93. The summed E-state index contributed by atoms with van der Waals surface area (Å²) in [5, 5.41) is 3.89. The van der Waals surface area contributed by atoms with Gasteiger partial charge >= 0.3 is 5.97 Å². The Morgan fingerprint density at radius 3 is 2.56 bits per heavy atom. The van der Waals surface area contributed by atoms with Crippen LogP contribution in [0, 0.1) is 13.8 Å². The van der Waals surface area contributed by atoms with Gasteiger partial charge in [-0.05, 0) is 54.8 Å². The molecule has 2 aromatic carbocycles. The third-order valence-corrected chi connectivity index (χ3v) is 3.55. The molecule has 2 rings (SSSR count). The van der Waals surface area contributed by atoms with Crippen molar-refractivity contribution in [1.82, 2.24) is 5.43 Å². The molecule has 7 nitrogen and oxygen atoms in total. The van der Waals surface area contributed by atoms with Crippen molar-refractivity contribution in [2.75, 3.05) is 13.7 Å². The standard InChI is InChI=1S/C20H22N2O5/c1-13-5-6-14(2)18(9-13)26-12-20(24)22-21-11-16-7-8-17(27-15(3)23)19(10-16)25-4/h5-11H,12H2,1-4H3,(H,22,24). The van der Waals surface area contributed by atoms with Crippen LogP contribution in [0.1, 0.15) is 23.6 Å². The van der Waals surface area contributed by atoms with E-state index in [2.05, 4.69) is 10.5 Å². The third kappa shape index (κ3) is 6.14. The van der Waals surface area contributed by atoms with E-state index in [-0.39, 0.29) is 12.5 Å². The zero-order valence-corrected chi connectivity index (χ0v) is 15.7. The summed E-state index contributed by atoms with van der Waals surface area (Å²) in [6.07, 6.45) is 1.45. The Balaban J connectivity index is 1.91. The van der Waals surface area contributed by atoms with Gasteiger partial charge < -0.3 is 14.2 Å². The molecule has 0 heterocycles. The van der Waals surface area contributed by atoms with Gasteiger partial charge in [0.1, 0.15) is 5.75 Å². The van der Waals surface area contributed by atoms with Crippen molar-refractivity contribution < 1.29 is 23.8 Å². The number of esters is 1. The molecule has 0 aliphatic heterocycles. The molecule has 142 valence electrons. The van der Waals surface area contributed by atoms with Gasteiger partial charge in [-0.3, -0.25) is 9.59 Å². The first kappa shape index (κ1) is 20.0. The first-order valence-corrected chi connectivity index (χ1v) is 8.27. The van der Waals surface area contributed by atoms with E-state index in [0.717, 1.165) is 11.1 Å². The normalized spacial score (nSPS) is 10.5. The number of ether oxygens (including phenoxy) is 3. The second kappa shape index (κ2) is 9.38. The van der Waals surface area contributed by atoms with Crippen molar-refractivity contribution in [3.8, 4) is 17.2 Å². The molecule has 7 heteroatoms. The maximum Gasteiger partial charge on any atom is 0.308 e. The van der Waals surface area contributed by atoms with Gasteiger partial charge in [-0.2, -0.15) is 5.10 Å². The molecule has 0 aliphatic rings. The van der Waals surface area contributed by atoms with Gasteiger partial charge in [0.25, 0.3) is 5.91 Å². The highest BCUT2D eigenvalue weighted by Crippen LogP contribution is 2.27. The second-order valence-electron chi connectivity index (χ2n) is 5.85. The number of methoxy groups -OCH3 is 1. The minimum atomic E-state index is -0.439. The Morgan fingerprint density at radius 1 is 1.07 bits per heavy atom. The number of hydrogen-bond donors (Lipinski definition) is 1. The average molecular weight is 370 g/mol. The third-order valence-electron chi connectivity index (χ3n) is 3.55. The van der Waals surface area contributed by atoms with Gasteiger partial charge in [-0.15, -0.1) is 0 Å². The van der Waals surface area contributed by atoms with E-state index in [9.17, 15) is 9.59 Å². The van der Waals surface area contributed by atoms with Crippen LogP contribution >= 0.6 is 0 Å². The fourth-order valence-electron chi connectivity index (χ4n) is 2.22. The summed E-state index contributed by atoms with van der Waals surface area (Å²) < 4.78 is 15.7. The van der Waals surface area contributed by atoms with Gasteiger partial charge in [-0.1, -0.05) is 12.1 Å². The van der Waals surface area contributed by atoms with Crippen LogP contribution in [0.15, 0.2) is 41.5 Å². The minimum Gasteiger partial charge on any atom is -0.493 e. The minimum absolute atomic E-state index is 0.143. The molecule has 0 bridgehead atoms. The maximum absolute atomic E-state index is 11.9. The van der Waals surface area contributed by atoms with Gasteiger partial charge in [0, 0.05) is 6.92 Å². The average Bonchev–Trinajstić information content (AvgIpc) is 2.63. The first-order valence-electron chi connectivity index (χ1n) is 8.27. The van der Waals surface area contributed by atoms with Crippen LogP contribution < -0.4 is 19.6 Å². The van der Waals surface area contributed by atoms with Crippen LogP contribution in [0.4, 0.5) is 0 Å². The molecule has 27 heavy (non-hydrogen) atoms. The number of hydrazone groups is 1. The fraction of sp³-hybridized carbons (Fsp3) is 0.250.